The van der Waals surface area contributed by atoms with Crippen molar-refractivity contribution in [2.24, 2.45) is 0 Å². The van der Waals surface area contributed by atoms with Crippen molar-refractivity contribution in [3.8, 4) is 0 Å². The number of nitrogens with zero attached hydrogens (tertiary/aromatic N) is 2. The molecule has 178 valence electrons. The molecule has 0 bridgehead atoms. The van der Waals surface area contributed by atoms with Crippen molar-refractivity contribution in [2.45, 2.75) is 49.8 Å². The van der Waals surface area contributed by atoms with Crippen LogP contribution >= 0.6 is 11.3 Å². The molecule has 1 aromatic heterocycles. The quantitative estimate of drug-likeness (QED) is 0.475. The van der Waals surface area contributed by atoms with Crippen LogP contribution < -0.4 is 4.31 Å². The van der Waals surface area contributed by atoms with Crippen LogP contribution in [-0.4, -0.2) is 44.5 Å². The maximum absolute atomic E-state index is 13.7. The third kappa shape index (κ3) is 4.50. The molecule has 2 aliphatic rings. The van der Waals surface area contributed by atoms with Crippen molar-refractivity contribution >= 4 is 33.0 Å². The summed E-state index contributed by atoms with van der Waals surface area (Å²) in [6.45, 7) is 3.60. The molecule has 0 saturated carbocycles. The van der Waals surface area contributed by atoms with Crippen LogP contribution in [0.5, 0.6) is 0 Å². The van der Waals surface area contributed by atoms with Crippen LogP contribution in [0.2, 0.25) is 0 Å². The van der Waals surface area contributed by atoms with Crippen molar-refractivity contribution in [3.05, 3.63) is 82.0 Å². The molecule has 2 unspecified atom stereocenters. The first-order valence-corrected chi connectivity index (χ1v) is 13.9. The van der Waals surface area contributed by atoms with Crippen LogP contribution in [0.25, 0.3) is 0 Å². The third-order valence-electron chi connectivity index (χ3n) is 6.44. The van der Waals surface area contributed by atoms with Crippen molar-refractivity contribution in [1.29, 1.82) is 0 Å². The summed E-state index contributed by atoms with van der Waals surface area (Å²) in [5.41, 5.74) is 2.10. The maximum Gasteiger partial charge on any atom is 0.264 e. The Labute approximate surface area is 204 Å². The highest BCUT2D eigenvalue weighted by atomic mass is 32.2. The van der Waals surface area contributed by atoms with Gasteiger partial charge in [0.2, 0.25) is 0 Å². The van der Waals surface area contributed by atoms with Crippen molar-refractivity contribution in [1.82, 2.24) is 4.90 Å². The van der Waals surface area contributed by atoms with Crippen LogP contribution in [0.15, 0.2) is 70.9 Å². The van der Waals surface area contributed by atoms with E-state index in [0.717, 1.165) is 29.9 Å². The van der Waals surface area contributed by atoms with Gasteiger partial charge in [0.15, 0.2) is 0 Å². The van der Waals surface area contributed by atoms with E-state index in [2.05, 4.69) is 0 Å². The van der Waals surface area contributed by atoms with E-state index in [0.29, 0.717) is 30.8 Å². The number of amides is 1. The van der Waals surface area contributed by atoms with Crippen molar-refractivity contribution in [2.75, 3.05) is 17.5 Å². The van der Waals surface area contributed by atoms with Crippen LogP contribution in [0.3, 0.4) is 0 Å². The highest BCUT2D eigenvalue weighted by Gasteiger charge is 2.36. The van der Waals surface area contributed by atoms with Crippen LogP contribution in [0, 0.1) is 0 Å². The fourth-order valence-corrected chi connectivity index (χ4v) is 7.29. The number of hydrogen-bond donors (Lipinski definition) is 0. The SMILES string of the molecule is CC1Cc2ccccc2N1S(=O)(=O)c1cccc(C(=O)N(Cc2cccs2)CC2CCCO2)c1. The van der Waals surface area contributed by atoms with Gasteiger partial charge in [-0.25, -0.2) is 8.42 Å². The van der Waals surface area contributed by atoms with Gasteiger partial charge in [-0.05, 0) is 67.5 Å². The summed E-state index contributed by atoms with van der Waals surface area (Å²) in [5, 5.41) is 1.99. The van der Waals surface area contributed by atoms with Gasteiger partial charge in [-0.2, -0.15) is 0 Å². The topological polar surface area (TPSA) is 66.9 Å². The average molecular weight is 497 g/mol. The molecule has 8 heteroatoms. The average Bonchev–Trinajstić information content (AvgIpc) is 3.59. The second kappa shape index (κ2) is 9.52. The highest BCUT2D eigenvalue weighted by Crippen LogP contribution is 2.36. The van der Waals surface area contributed by atoms with Crippen LogP contribution in [0.4, 0.5) is 5.69 Å². The summed E-state index contributed by atoms with van der Waals surface area (Å²) in [5.74, 6) is -0.184. The zero-order valence-electron chi connectivity index (χ0n) is 19.1. The molecular weight excluding hydrogens is 468 g/mol. The smallest absolute Gasteiger partial charge is 0.264 e. The molecule has 3 heterocycles. The van der Waals surface area contributed by atoms with E-state index >= 15 is 0 Å². The molecule has 6 nitrogen and oxygen atoms in total. The van der Waals surface area contributed by atoms with Crippen molar-refractivity contribution < 1.29 is 17.9 Å². The lowest BCUT2D eigenvalue weighted by molar-refractivity contribution is 0.0509. The largest absolute Gasteiger partial charge is 0.376 e. The Hall–Kier alpha value is -2.68. The number of hydrogen-bond acceptors (Lipinski definition) is 5. The molecule has 0 aliphatic carbocycles. The van der Waals surface area contributed by atoms with Crippen LogP contribution in [-0.2, 0) is 27.7 Å². The zero-order valence-corrected chi connectivity index (χ0v) is 20.7. The minimum atomic E-state index is -3.82. The van der Waals surface area contributed by atoms with Gasteiger partial charge >= 0.3 is 0 Å². The number of carbonyl (C=O) groups excluding carboxylic acids is 1. The van der Waals surface area contributed by atoms with E-state index in [4.69, 9.17) is 4.74 Å². The molecule has 3 aromatic rings. The summed E-state index contributed by atoms with van der Waals surface area (Å²) in [7, 11) is -3.82. The second-order valence-electron chi connectivity index (χ2n) is 8.91. The number of ether oxygens (including phenoxy) is 1. The summed E-state index contributed by atoms with van der Waals surface area (Å²) in [4.78, 5) is 16.6. The van der Waals surface area contributed by atoms with Gasteiger partial charge in [0.05, 0.1) is 23.2 Å². The molecule has 2 aliphatic heterocycles. The number of benzene rings is 2. The molecule has 1 saturated heterocycles. The number of carbonyl (C=O) groups is 1. The lowest BCUT2D eigenvalue weighted by atomic mass is 10.1. The number of para-hydroxylation sites is 1. The second-order valence-corrected chi connectivity index (χ2v) is 11.8. The molecule has 1 amide bonds. The summed E-state index contributed by atoms with van der Waals surface area (Å²) < 4.78 is 34.6. The lowest BCUT2D eigenvalue weighted by Crippen LogP contribution is -2.37. The van der Waals surface area contributed by atoms with Gasteiger partial charge in [-0.15, -0.1) is 11.3 Å². The minimum Gasteiger partial charge on any atom is -0.376 e. The Bertz CT molecular complexity index is 1270. The van der Waals surface area contributed by atoms with E-state index in [-0.39, 0.29) is 22.9 Å². The lowest BCUT2D eigenvalue weighted by Gasteiger charge is -2.26. The van der Waals surface area contributed by atoms with Gasteiger partial charge in [-0.3, -0.25) is 9.10 Å². The molecule has 0 spiro atoms. The maximum atomic E-state index is 13.7. The number of rotatable bonds is 7. The number of sulfonamides is 1. The zero-order chi connectivity index (χ0) is 23.7. The molecular formula is C26H28N2O4S2. The first-order chi connectivity index (χ1) is 16.4. The van der Waals surface area contributed by atoms with Gasteiger partial charge < -0.3 is 9.64 Å². The standard InChI is InChI=1S/C26H28N2O4S2/c1-19-15-20-7-2-3-12-25(20)28(19)34(30,31)24-11-4-8-21(16-24)26(29)27(17-22-9-5-13-32-22)18-23-10-6-14-33-23/h2-4,6-8,10-12,14,16,19,22H,5,9,13,15,17-18H2,1H3. The van der Waals surface area contributed by atoms with Crippen LogP contribution in [0.1, 0.15) is 40.6 Å². The van der Waals surface area contributed by atoms with Crippen molar-refractivity contribution in [3.63, 3.8) is 0 Å². The highest BCUT2D eigenvalue weighted by molar-refractivity contribution is 7.92. The Balaban J connectivity index is 1.44. The Morgan fingerprint density at radius 3 is 2.76 bits per heavy atom. The predicted octanol–water partition coefficient (Wildman–Crippen LogP) is 4.71. The van der Waals surface area contributed by atoms with Gasteiger partial charge in [0.25, 0.3) is 15.9 Å². The summed E-state index contributed by atoms with van der Waals surface area (Å²) >= 11 is 1.60. The monoisotopic (exact) mass is 496 g/mol. The van der Waals surface area contributed by atoms with E-state index in [1.54, 1.807) is 34.4 Å². The number of thiophene rings is 1. The third-order valence-corrected chi connectivity index (χ3v) is 9.23. The van der Waals surface area contributed by atoms with E-state index in [9.17, 15) is 13.2 Å². The van der Waals surface area contributed by atoms with Gasteiger partial charge in [0, 0.05) is 29.6 Å². The molecule has 0 radical (unpaired) electrons. The first kappa shape index (κ1) is 23.1. The molecule has 34 heavy (non-hydrogen) atoms. The normalized spacial score (nSPS) is 19.9. The molecule has 0 N–H and O–H groups in total. The Kier molecular flexibility index (Phi) is 6.46. The Morgan fingerprint density at radius 1 is 1.15 bits per heavy atom. The minimum absolute atomic E-state index is 0.0118. The van der Waals surface area contributed by atoms with E-state index in [1.807, 2.05) is 48.7 Å². The number of fused-ring (bicyclic) bond motifs is 1. The fraction of sp³-hybridized carbons (Fsp3) is 0.346. The van der Waals surface area contributed by atoms with E-state index in [1.165, 1.54) is 10.4 Å². The molecule has 5 rings (SSSR count). The van der Waals surface area contributed by atoms with Gasteiger partial charge in [-0.1, -0.05) is 30.3 Å². The van der Waals surface area contributed by atoms with Gasteiger partial charge in [0.1, 0.15) is 0 Å². The first-order valence-electron chi connectivity index (χ1n) is 11.6. The molecule has 1 fully saturated rings. The predicted molar refractivity (Wildman–Crippen MR) is 134 cm³/mol. The number of anilines is 1. The summed E-state index contributed by atoms with van der Waals surface area (Å²) in [6, 6.07) is 17.8. The van der Waals surface area contributed by atoms with E-state index < -0.39 is 10.0 Å². The molecule has 2 atom stereocenters. The molecule has 2 aromatic carbocycles. The Morgan fingerprint density at radius 2 is 2.00 bits per heavy atom. The summed E-state index contributed by atoms with van der Waals surface area (Å²) in [6.07, 6.45) is 2.60. The fourth-order valence-electron chi connectivity index (χ4n) is 4.83.